The molecular weight excluding hydrogens is 715 g/mol. The predicted octanol–water partition coefficient (Wildman–Crippen LogP) is 6.30. The fourth-order valence-electron chi connectivity index (χ4n) is 5.96. The lowest BCUT2D eigenvalue weighted by Gasteiger charge is -2.37. The van der Waals surface area contributed by atoms with Crippen LogP contribution in [0.4, 0.5) is 26.7 Å². The van der Waals surface area contributed by atoms with Gasteiger partial charge in [-0.1, -0.05) is 69.3 Å². The number of halogens is 6. The summed E-state index contributed by atoms with van der Waals surface area (Å²) in [4.78, 5) is 33.6. The third-order valence-electron chi connectivity index (χ3n) is 9.12. The molecule has 274 valence electrons. The van der Waals surface area contributed by atoms with Crippen molar-refractivity contribution in [2.45, 2.75) is 63.5 Å². The maximum atomic E-state index is 15.0. The van der Waals surface area contributed by atoms with Crippen molar-refractivity contribution in [3.8, 4) is 22.5 Å². The lowest BCUT2D eigenvalue weighted by Crippen LogP contribution is -2.50. The Morgan fingerprint density at radius 3 is 2.38 bits per heavy atom. The van der Waals surface area contributed by atoms with E-state index in [0.717, 1.165) is 4.90 Å². The molecule has 2 aliphatic rings. The first-order valence-electron chi connectivity index (χ1n) is 15.7. The van der Waals surface area contributed by atoms with E-state index in [0.29, 0.717) is 26.9 Å². The largest absolute Gasteiger partial charge is 0.447 e. The van der Waals surface area contributed by atoms with Crippen molar-refractivity contribution in [3.63, 3.8) is 0 Å². The number of alkyl carbamates (subject to hydrolysis) is 1. The van der Waals surface area contributed by atoms with Gasteiger partial charge in [0, 0.05) is 17.3 Å². The molecule has 0 bridgehead atoms. The molecule has 1 fully saturated rings. The van der Waals surface area contributed by atoms with E-state index in [9.17, 15) is 31.5 Å². The first kappa shape index (κ1) is 36.4. The molecule has 3 heterocycles. The van der Waals surface area contributed by atoms with Gasteiger partial charge in [0.15, 0.2) is 5.54 Å². The number of carbonyl (C=O) groups excluding carboxylic acids is 2. The van der Waals surface area contributed by atoms with Gasteiger partial charge in [0.1, 0.15) is 12.1 Å². The predicted molar refractivity (Wildman–Crippen MR) is 178 cm³/mol. The summed E-state index contributed by atoms with van der Waals surface area (Å²) in [5, 5.41) is 19.6. The van der Waals surface area contributed by atoms with Crippen molar-refractivity contribution in [2.24, 2.45) is 16.1 Å². The second kappa shape index (κ2) is 13.0. The molecule has 4 N–H and O–H groups in total. The fraction of sp³-hybridized carbons (Fsp3) is 0.364. The molecule has 1 saturated carbocycles. The number of tetrazole rings is 1. The Hall–Kier alpha value is -5.39. The molecule has 0 radical (unpaired) electrons. The molecule has 1 aliphatic carbocycles. The van der Waals surface area contributed by atoms with Crippen molar-refractivity contribution in [1.82, 2.24) is 40.6 Å². The molecule has 4 aromatic rings. The van der Waals surface area contributed by atoms with Crippen LogP contribution < -0.4 is 11.1 Å². The molecule has 0 spiro atoms. The molecular formula is C33H32ClF5N10O3. The average Bonchev–Trinajstić information content (AvgIpc) is 3.41. The summed E-state index contributed by atoms with van der Waals surface area (Å²) in [5.41, 5.74) is 3.69. The van der Waals surface area contributed by atoms with Crippen LogP contribution in [0.1, 0.15) is 57.3 Å². The van der Waals surface area contributed by atoms with Crippen LogP contribution in [0.15, 0.2) is 72.0 Å². The monoisotopic (exact) mass is 746 g/mol. The van der Waals surface area contributed by atoms with Crippen molar-refractivity contribution >= 4 is 29.6 Å². The van der Waals surface area contributed by atoms with E-state index in [4.69, 9.17) is 27.1 Å². The van der Waals surface area contributed by atoms with Gasteiger partial charge in [-0.05, 0) is 57.9 Å². The van der Waals surface area contributed by atoms with Gasteiger partial charge in [-0.2, -0.15) is 32.3 Å². The Labute approximate surface area is 298 Å². The number of benzene rings is 2. The Kier molecular flexibility index (Phi) is 9.09. The lowest BCUT2D eigenvalue weighted by molar-refractivity contribution is -0.164. The van der Waals surface area contributed by atoms with Crippen molar-refractivity contribution < 1.29 is 36.3 Å². The van der Waals surface area contributed by atoms with E-state index >= 15 is 0 Å². The average molecular weight is 747 g/mol. The minimum absolute atomic E-state index is 0.0918. The number of nitrogens with two attached hydrogens (primary N) is 1. The number of carbonyl (C=O) groups is 2. The van der Waals surface area contributed by atoms with Crippen LogP contribution in [0.25, 0.3) is 22.5 Å². The zero-order valence-corrected chi connectivity index (χ0v) is 28.6. The first-order valence-corrected chi connectivity index (χ1v) is 16.1. The van der Waals surface area contributed by atoms with Crippen LogP contribution in [0.2, 0.25) is 5.02 Å². The molecule has 1 aliphatic heterocycles. The normalized spacial score (nSPS) is 19.1. The number of amides is 2. The summed E-state index contributed by atoms with van der Waals surface area (Å²) in [6.45, 7) is 6.22. The van der Waals surface area contributed by atoms with E-state index in [1.165, 1.54) is 30.6 Å². The fourth-order valence-corrected chi connectivity index (χ4v) is 6.16. The minimum Gasteiger partial charge on any atom is -0.447 e. The highest BCUT2D eigenvalue weighted by molar-refractivity contribution is 6.33. The third kappa shape index (κ3) is 6.46. The molecule has 2 aromatic carbocycles. The van der Waals surface area contributed by atoms with Gasteiger partial charge in [-0.3, -0.25) is 9.69 Å². The Balaban J connectivity index is 1.40. The molecule has 0 unspecified atom stereocenters. The smallest absolute Gasteiger partial charge is 0.411 e. The van der Waals surface area contributed by atoms with Gasteiger partial charge in [0.25, 0.3) is 5.91 Å². The third-order valence-corrected chi connectivity index (χ3v) is 9.45. The number of nitrogens with zero attached hydrogens (tertiary/aromatic N) is 7. The number of guanidine groups is 1. The van der Waals surface area contributed by atoms with Gasteiger partial charge in [-0.25, -0.2) is 14.5 Å². The molecule has 2 aromatic heterocycles. The van der Waals surface area contributed by atoms with Crippen LogP contribution in [-0.4, -0.2) is 71.6 Å². The highest BCUT2D eigenvalue weighted by Crippen LogP contribution is 2.50. The second-order valence-corrected chi connectivity index (χ2v) is 13.8. The van der Waals surface area contributed by atoms with Crippen LogP contribution in [0.5, 0.6) is 0 Å². The molecule has 6 rings (SSSR count). The zero-order chi connectivity index (χ0) is 37.8. The number of aromatic nitrogens is 6. The summed E-state index contributed by atoms with van der Waals surface area (Å²) in [7, 11) is 0. The van der Waals surface area contributed by atoms with E-state index < -0.39 is 53.9 Å². The Bertz CT molecular complexity index is 2040. The molecule has 19 heteroatoms. The number of ether oxygens (including phenoxy) is 1. The quantitative estimate of drug-likeness (QED) is 0.126. The highest BCUT2D eigenvalue weighted by atomic mass is 35.5. The topological polar surface area (TPSA) is 169 Å². The number of aromatic amines is 1. The number of aliphatic imine (C=N–C) groups is 1. The van der Waals surface area contributed by atoms with E-state index in [-0.39, 0.29) is 40.8 Å². The van der Waals surface area contributed by atoms with Gasteiger partial charge in [-0.15, -0.1) is 10.2 Å². The molecule has 2 amide bonds. The number of alkyl halides is 5. The van der Waals surface area contributed by atoms with Gasteiger partial charge in [0.05, 0.1) is 17.3 Å². The summed E-state index contributed by atoms with van der Waals surface area (Å²) in [6.07, 6.45) is -4.22. The summed E-state index contributed by atoms with van der Waals surface area (Å²) in [5.74, 6) is -0.923. The van der Waals surface area contributed by atoms with E-state index in [1.54, 1.807) is 24.3 Å². The Morgan fingerprint density at radius 1 is 1.13 bits per heavy atom. The first-order chi connectivity index (χ1) is 24.4. The number of H-pyrrole nitrogens is 1. The Morgan fingerprint density at radius 2 is 1.83 bits per heavy atom. The highest BCUT2D eigenvalue weighted by Gasteiger charge is 2.64. The summed E-state index contributed by atoms with van der Waals surface area (Å²) >= 11 is 6.44. The number of hydrogen-bond acceptors (Lipinski definition) is 9. The summed E-state index contributed by atoms with van der Waals surface area (Å²) < 4.78 is 73.1. The van der Waals surface area contributed by atoms with Crippen LogP contribution in [0.3, 0.4) is 0 Å². The van der Waals surface area contributed by atoms with Gasteiger partial charge < -0.3 is 15.8 Å². The lowest BCUT2D eigenvalue weighted by atomic mass is 9.71. The second-order valence-electron chi connectivity index (χ2n) is 13.4. The molecule has 2 atom stereocenters. The minimum atomic E-state index is -4.70. The molecule has 0 saturated heterocycles. The van der Waals surface area contributed by atoms with Crippen LogP contribution in [0, 0.1) is 5.41 Å². The van der Waals surface area contributed by atoms with Crippen molar-refractivity contribution in [2.75, 3.05) is 6.61 Å². The molecule has 13 nitrogen and oxygen atoms in total. The maximum Gasteiger partial charge on any atom is 0.411 e. The SMILES string of the molecule is C=C(C(C)(C)C)[C@]1(c2ccc(-c3cnn(C(F)F)c3)cc2)N=C(N)N([C@H](COC(=O)NC2(C(F)(F)F)CC2)c2ccc(Cl)c(-c3nn[nH]n3)c2)C1=O. The van der Waals surface area contributed by atoms with Gasteiger partial charge >= 0.3 is 18.8 Å². The van der Waals surface area contributed by atoms with Crippen molar-refractivity contribution in [3.05, 3.63) is 83.2 Å². The number of nitrogens with one attached hydrogen (secondary N) is 2. The van der Waals surface area contributed by atoms with Crippen LogP contribution >= 0.6 is 11.6 Å². The summed E-state index contributed by atoms with van der Waals surface area (Å²) in [6, 6.07) is 9.63. The maximum absolute atomic E-state index is 15.0. The zero-order valence-electron chi connectivity index (χ0n) is 27.9. The number of hydrogen-bond donors (Lipinski definition) is 3. The van der Waals surface area contributed by atoms with Gasteiger partial charge in [0.2, 0.25) is 11.8 Å². The van der Waals surface area contributed by atoms with Crippen molar-refractivity contribution in [1.29, 1.82) is 0 Å². The van der Waals surface area contributed by atoms with E-state index in [2.05, 4.69) is 32.3 Å². The number of rotatable bonds is 10. The van der Waals surface area contributed by atoms with Crippen LogP contribution in [-0.2, 0) is 15.1 Å². The standard InChI is InChI=1S/C33H32ClF5N10O3/c1-17(30(2,3)4)32(21-8-5-18(6-9-21)20-14-41-48(15-20)27(35)36)26(50)49(28(40)42-32)24(16-52-29(51)43-31(11-12-31)33(37,38)39)19-7-10-23(34)22(13-19)25-44-46-47-45-25/h5-10,13-15,24,27H,1,11-12,16H2,2-4H3,(H2,40,42)(H,43,51)(H,44,45,46,47)/t24-,32-/m1/s1. The van der Waals surface area contributed by atoms with E-state index in [1.807, 2.05) is 26.1 Å². The molecule has 52 heavy (non-hydrogen) atoms.